The highest BCUT2D eigenvalue weighted by atomic mass is 32.2. The molecule has 5 nitrogen and oxygen atoms in total. The smallest absolute Gasteiger partial charge is 0.339 e. The van der Waals surface area contributed by atoms with Crippen LogP contribution in [0.5, 0.6) is 11.5 Å². The summed E-state index contributed by atoms with van der Waals surface area (Å²) in [6, 6.07) is 19.9. The second-order valence-corrected chi connectivity index (χ2v) is 7.91. The SMILES string of the molecule is Cc1ccc(/C=C2\Oc3cc(OS(=O)(=O)c4ccccc4)ccc3C2=O)cc1. The van der Waals surface area contributed by atoms with Crippen molar-refractivity contribution in [3.05, 3.63) is 95.2 Å². The molecule has 0 aliphatic carbocycles. The Hall–Kier alpha value is -3.38. The zero-order valence-corrected chi connectivity index (χ0v) is 15.8. The van der Waals surface area contributed by atoms with Crippen molar-refractivity contribution in [1.82, 2.24) is 0 Å². The summed E-state index contributed by atoms with van der Waals surface area (Å²) in [5, 5.41) is 0. The maximum absolute atomic E-state index is 12.5. The third kappa shape index (κ3) is 3.54. The van der Waals surface area contributed by atoms with Crippen LogP contribution in [0, 0.1) is 6.92 Å². The first-order chi connectivity index (χ1) is 13.4. The molecule has 0 fully saturated rings. The van der Waals surface area contributed by atoms with Gasteiger partial charge in [0, 0.05) is 6.07 Å². The van der Waals surface area contributed by atoms with E-state index in [0.717, 1.165) is 11.1 Å². The number of carbonyl (C=O) groups is 1. The Bertz CT molecular complexity index is 1180. The number of rotatable bonds is 4. The first-order valence-corrected chi connectivity index (χ1v) is 9.98. The molecule has 3 aromatic rings. The number of ketones is 1. The maximum atomic E-state index is 12.5. The summed E-state index contributed by atoms with van der Waals surface area (Å²) in [6.45, 7) is 1.98. The van der Waals surface area contributed by atoms with Crippen molar-refractivity contribution in [2.45, 2.75) is 11.8 Å². The summed E-state index contributed by atoms with van der Waals surface area (Å²) in [4.78, 5) is 12.6. The number of Topliss-reactive ketones (excluding diaryl/α,β-unsaturated/α-hetero) is 1. The van der Waals surface area contributed by atoms with Gasteiger partial charge in [-0.3, -0.25) is 4.79 Å². The van der Waals surface area contributed by atoms with Crippen LogP contribution in [0.2, 0.25) is 0 Å². The van der Waals surface area contributed by atoms with Gasteiger partial charge in [0.1, 0.15) is 16.4 Å². The lowest BCUT2D eigenvalue weighted by molar-refractivity contribution is 0.101. The normalized spacial score (nSPS) is 14.6. The Kier molecular flexibility index (Phi) is 4.49. The van der Waals surface area contributed by atoms with Gasteiger partial charge in [-0.15, -0.1) is 0 Å². The molecular formula is C22H16O5S. The molecule has 1 heterocycles. The molecule has 0 unspecified atom stereocenters. The molecule has 0 aromatic heterocycles. The maximum Gasteiger partial charge on any atom is 0.339 e. The van der Waals surface area contributed by atoms with Gasteiger partial charge in [-0.1, -0.05) is 48.0 Å². The van der Waals surface area contributed by atoms with Crippen LogP contribution in [0.25, 0.3) is 6.08 Å². The van der Waals surface area contributed by atoms with Gasteiger partial charge in [-0.25, -0.2) is 0 Å². The van der Waals surface area contributed by atoms with Crippen molar-refractivity contribution < 1.29 is 22.1 Å². The fraction of sp³-hybridized carbons (Fsp3) is 0.0455. The number of fused-ring (bicyclic) bond motifs is 1. The quantitative estimate of drug-likeness (QED) is 0.487. The van der Waals surface area contributed by atoms with E-state index < -0.39 is 10.1 Å². The zero-order valence-electron chi connectivity index (χ0n) is 15.0. The van der Waals surface area contributed by atoms with E-state index in [1.165, 1.54) is 30.3 Å². The van der Waals surface area contributed by atoms with E-state index in [0.29, 0.717) is 5.56 Å². The summed E-state index contributed by atoms with van der Waals surface area (Å²) in [5.74, 6) is 0.270. The largest absolute Gasteiger partial charge is 0.452 e. The van der Waals surface area contributed by atoms with Crippen LogP contribution in [-0.2, 0) is 10.1 Å². The minimum Gasteiger partial charge on any atom is -0.452 e. The molecule has 0 radical (unpaired) electrons. The van der Waals surface area contributed by atoms with Gasteiger partial charge in [0.2, 0.25) is 5.78 Å². The molecule has 0 N–H and O–H groups in total. The van der Waals surface area contributed by atoms with E-state index >= 15 is 0 Å². The van der Waals surface area contributed by atoms with Crippen LogP contribution in [0.4, 0.5) is 0 Å². The van der Waals surface area contributed by atoms with Crippen LogP contribution in [0.3, 0.4) is 0 Å². The fourth-order valence-electron chi connectivity index (χ4n) is 2.80. The Balaban J connectivity index is 1.60. The summed E-state index contributed by atoms with van der Waals surface area (Å²) in [5.41, 5.74) is 2.32. The minimum absolute atomic E-state index is 0.0486. The van der Waals surface area contributed by atoms with Gasteiger partial charge in [0.15, 0.2) is 5.76 Å². The van der Waals surface area contributed by atoms with E-state index in [4.69, 9.17) is 8.92 Å². The Morgan fingerprint density at radius 3 is 2.36 bits per heavy atom. The Morgan fingerprint density at radius 2 is 1.64 bits per heavy atom. The molecule has 1 aliphatic heterocycles. The van der Waals surface area contributed by atoms with Gasteiger partial charge < -0.3 is 8.92 Å². The molecule has 1 aliphatic rings. The third-order valence-electron chi connectivity index (χ3n) is 4.25. The lowest BCUT2D eigenvalue weighted by atomic mass is 10.1. The van der Waals surface area contributed by atoms with Crippen LogP contribution >= 0.6 is 0 Å². The number of hydrogen-bond acceptors (Lipinski definition) is 5. The highest BCUT2D eigenvalue weighted by molar-refractivity contribution is 7.87. The number of hydrogen-bond donors (Lipinski definition) is 0. The number of allylic oxidation sites excluding steroid dienone is 1. The number of aryl methyl sites for hydroxylation is 1. The highest BCUT2D eigenvalue weighted by Crippen LogP contribution is 2.35. The molecule has 0 saturated carbocycles. The van der Waals surface area contributed by atoms with E-state index in [-0.39, 0.29) is 27.9 Å². The molecule has 0 spiro atoms. The van der Waals surface area contributed by atoms with E-state index in [1.807, 2.05) is 31.2 Å². The van der Waals surface area contributed by atoms with Crippen molar-refractivity contribution in [2.75, 3.05) is 0 Å². The first-order valence-electron chi connectivity index (χ1n) is 8.57. The van der Waals surface area contributed by atoms with Crippen LogP contribution < -0.4 is 8.92 Å². The van der Waals surface area contributed by atoms with Crippen LogP contribution in [-0.4, -0.2) is 14.2 Å². The van der Waals surface area contributed by atoms with Crippen molar-refractivity contribution in [1.29, 1.82) is 0 Å². The highest BCUT2D eigenvalue weighted by Gasteiger charge is 2.28. The number of carbonyl (C=O) groups excluding carboxylic acids is 1. The second-order valence-electron chi connectivity index (χ2n) is 6.36. The van der Waals surface area contributed by atoms with Crippen molar-refractivity contribution in [3.8, 4) is 11.5 Å². The lowest BCUT2D eigenvalue weighted by Crippen LogP contribution is -2.09. The van der Waals surface area contributed by atoms with Crippen molar-refractivity contribution in [3.63, 3.8) is 0 Å². The van der Waals surface area contributed by atoms with Crippen molar-refractivity contribution >= 4 is 22.0 Å². The molecule has 28 heavy (non-hydrogen) atoms. The number of ether oxygens (including phenoxy) is 1. The van der Waals surface area contributed by atoms with Gasteiger partial charge in [0.25, 0.3) is 0 Å². The number of benzene rings is 3. The van der Waals surface area contributed by atoms with E-state index in [1.54, 1.807) is 24.3 Å². The molecule has 0 atom stereocenters. The predicted octanol–water partition coefficient (Wildman–Crippen LogP) is 4.38. The topological polar surface area (TPSA) is 69.7 Å². The summed E-state index contributed by atoms with van der Waals surface area (Å²) in [6.07, 6.45) is 1.66. The Morgan fingerprint density at radius 1 is 0.929 bits per heavy atom. The van der Waals surface area contributed by atoms with Gasteiger partial charge in [-0.2, -0.15) is 8.42 Å². The molecule has 0 amide bonds. The van der Waals surface area contributed by atoms with Crippen LogP contribution in [0.1, 0.15) is 21.5 Å². The average Bonchev–Trinajstić information content (AvgIpc) is 2.99. The van der Waals surface area contributed by atoms with Crippen LogP contribution in [0.15, 0.2) is 83.5 Å². The van der Waals surface area contributed by atoms with Crippen molar-refractivity contribution in [2.24, 2.45) is 0 Å². The first kappa shape index (κ1) is 18.0. The van der Waals surface area contributed by atoms with Gasteiger partial charge in [-0.05, 0) is 42.8 Å². The van der Waals surface area contributed by atoms with Gasteiger partial charge in [0.05, 0.1) is 5.56 Å². The monoisotopic (exact) mass is 392 g/mol. The summed E-state index contributed by atoms with van der Waals surface area (Å²) >= 11 is 0. The molecule has 140 valence electrons. The fourth-order valence-corrected chi connectivity index (χ4v) is 3.74. The Labute approximate surface area is 163 Å². The molecular weight excluding hydrogens is 376 g/mol. The van der Waals surface area contributed by atoms with E-state index in [9.17, 15) is 13.2 Å². The second kappa shape index (κ2) is 6.98. The van der Waals surface area contributed by atoms with Gasteiger partial charge >= 0.3 is 10.1 Å². The molecule has 6 heteroatoms. The summed E-state index contributed by atoms with van der Waals surface area (Å²) < 4.78 is 35.5. The summed E-state index contributed by atoms with van der Waals surface area (Å²) in [7, 11) is -3.97. The third-order valence-corrected chi connectivity index (χ3v) is 5.52. The predicted molar refractivity (Wildman–Crippen MR) is 105 cm³/mol. The lowest BCUT2D eigenvalue weighted by Gasteiger charge is -2.07. The molecule has 4 rings (SSSR count). The molecule has 0 saturated heterocycles. The molecule has 0 bridgehead atoms. The average molecular weight is 392 g/mol. The minimum atomic E-state index is -3.97. The standard InChI is InChI=1S/C22H16O5S/c1-15-7-9-16(10-8-15)13-21-22(23)19-12-11-17(14-20(19)26-21)27-28(24,25)18-5-3-2-4-6-18/h2-14H,1H3/b21-13-. The van der Waals surface area contributed by atoms with E-state index in [2.05, 4.69) is 0 Å². The molecule has 3 aromatic carbocycles. The zero-order chi connectivity index (χ0) is 19.7.